The Morgan fingerprint density at radius 1 is 1.00 bits per heavy atom. The molecule has 0 bridgehead atoms. The van der Waals surface area contributed by atoms with Crippen LogP contribution in [0.5, 0.6) is 0 Å². The fourth-order valence-electron chi connectivity index (χ4n) is 3.52. The minimum absolute atomic E-state index is 0.00984. The molecule has 1 heterocycles. The average molecular weight is 425 g/mol. The van der Waals surface area contributed by atoms with E-state index in [1.54, 1.807) is 11.3 Å². The summed E-state index contributed by atoms with van der Waals surface area (Å²) in [6.45, 7) is 9.84. The summed E-state index contributed by atoms with van der Waals surface area (Å²) < 4.78 is 1.12. The van der Waals surface area contributed by atoms with Gasteiger partial charge in [-0.25, -0.2) is 4.98 Å². The molecule has 0 saturated carbocycles. The largest absolute Gasteiger partial charge is 0.372 e. The summed E-state index contributed by atoms with van der Waals surface area (Å²) in [5, 5.41) is 0.771. The van der Waals surface area contributed by atoms with Gasteiger partial charge in [-0.1, -0.05) is 17.4 Å². The first kappa shape index (κ1) is 22.2. The van der Waals surface area contributed by atoms with Gasteiger partial charge in [0.2, 0.25) is 0 Å². The Kier molecular flexibility index (Phi) is 7.45. The second kappa shape index (κ2) is 10.0. The maximum atomic E-state index is 13.5. The van der Waals surface area contributed by atoms with Crippen LogP contribution in [0.1, 0.15) is 36.2 Å². The molecule has 3 aromatic rings. The molecule has 0 radical (unpaired) electrons. The molecule has 3 rings (SSSR count). The van der Waals surface area contributed by atoms with Gasteiger partial charge in [-0.3, -0.25) is 9.69 Å². The third-order valence-electron chi connectivity index (χ3n) is 5.24. The molecule has 0 aliphatic carbocycles. The van der Waals surface area contributed by atoms with Crippen molar-refractivity contribution >= 4 is 38.3 Å². The maximum absolute atomic E-state index is 13.5. The summed E-state index contributed by atoms with van der Waals surface area (Å²) in [5.41, 5.74) is 4.00. The highest BCUT2D eigenvalue weighted by Gasteiger charge is 2.21. The van der Waals surface area contributed by atoms with E-state index in [2.05, 4.69) is 56.8 Å². The SMILES string of the molecule is CCN(CC)c1ccc(C(=O)N(CCCN(C)C)c2nc3ccc(C)cc3s2)cc1. The van der Waals surface area contributed by atoms with Crippen LogP contribution in [0.25, 0.3) is 10.2 Å². The van der Waals surface area contributed by atoms with Gasteiger partial charge in [0.05, 0.1) is 10.2 Å². The molecule has 0 aliphatic heterocycles. The van der Waals surface area contributed by atoms with E-state index in [9.17, 15) is 4.79 Å². The summed E-state index contributed by atoms with van der Waals surface area (Å²) in [7, 11) is 4.11. The van der Waals surface area contributed by atoms with Crippen molar-refractivity contribution in [3.8, 4) is 0 Å². The number of carbonyl (C=O) groups is 1. The lowest BCUT2D eigenvalue weighted by molar-refractivity contribution is 0.0986. The Bertz CT molecular complexity index is 977. The average Bonchev–Trinajstić information content (AvgIpc) is 3.14. The van der Waals surface area contributed by atoms with E-state index in [1.165, 1.54) is 5.56 Å². The molecule has 1 aromatic heterocycles. The molecule has 5 nitrogen and oxygen atoms in total. The van der Waals surface area contributed by atoms with E-state index in [0.29, 0.717) is 12.1 Å². The number of thiazole rings is 1. The second-order valence-electron chi connectivity index (χ2n) is 7.80. The number of fused-ring (bicyclic) bond motifs is 1. The lowest BCUT2D eigenvalue weighted by Gasteiger charge is -2.23. The monoisotopic (exact) mass is 424 g/mol. The number of hydrogen-bond acceptors (Lipinski definition) is 5. The van der Waals surface area contributed by atoms with Gasteiger partial charge in [-0.2, -0.15) is 0 Å². The number of rotatable bonds is 9. The second-order valence-corrected chi connectivity index (χ2v) is 8.81. The summed E-state index contributed by atoms with van der Waals surface area (Å²) in [6, 6.07) is 14.2. The van der Waals surface area contributed by atoms with Crippen molar-refractivity contribution in [1.29, 1.82) is 0 Å². The molecule has 1 amide bonds. The first-order valence-corrected chi connectivity index (χ1v) is 11.4. The molecule has 0 spiro atoms. The lowest BCUT2D eigenvalue weighted by Crippen LogP contribution is -2.33. The van der Waals surface area contributed by atoms with Gasteiger partial charge < -0.3 is 9.80 Å². The predicted molar refractivity (Wildman–Crippen MR) is 129 cm³/mol. The van der Waals surface area contributed by atoms with Crippen LogP contribution in [0, 0.1) is 6.92 Å². The summed E-state index contributed by atoms with van der Waals surface area (Å²) in [6.07, 6.45) is 0.894. The molecule has 160 valence electrons. The smallest absolute Gasteiger partial charge is 0.260 e. The number of amides is 1. The predicted octanol–water partition coefficient (Wildman–Crippen LogP) is 5.05. The number of anilines is 2. The molecule has 0 N–H and O–H groups in total. The van der Waals surface area contributed by atoms with Crippen LogP contribution in [-0.4, -0.2) is 56.1 Å². The molecule has 30 heavy (non-hydrogen) atoms. The third-order valence-corrected chi connectivity index (χ3v) is 6.28. The van der Waals surface area contributed by atoms with Gasteiger partial charge in [-0.05, 0) is 89.8 Å². The van der Waals surface area contributed by atoms with E-state index < -0.39 is 0 Å². The van der Waals surface area contributed by atoms with Crippen molar-refractivity contribution in [3.05, 3.63) is 53.6 Å². The van der Waals surface area contributed by atoms with Crippen LogP contribution in [-0.2, 0) is 0 Å². The third kappa shape index (κ3) is 5.18. The topological polar surface area (TPSA) is 39.7 Å². The van der Waals surface area contributed by atoms with Crippen LogP contribution in [0.2, 0.25) is 0 Å². The van der Waals surface area contributed by atoms with Gasteiger partial charge in [0.15, 0.2) is 5.13 Å². The Morgan fingerprint density at radius 2 is 1.70 bits per heavy atom. The number of hydrogen-bond donors (Lipinski definition) is 0. The molecule has 2 aromatic carbocycles. The zero-order valence-corrected chi connectivity index (χ0v) is 19.5. The van der Waals surface area contributed by atoms with E-state index in [4.69, 9.17) is 4.98 Å². The Labute approximate surface area is 183 Å². The van der Waals surface area contributed by atoms with E-state index in [1.807, 2.05) is 35.2 Å². The quantitative estimate of drug-likeness (QED) is 0.482. The van der Waals surface area contributed by atoms with Gasteiger partial charge in [0, 0.05) is 30.9 Å². The van der Waals surface area contributed by atoms with E-state index >= 15 is 0 Å². The zero-order valence-electron chi connectivity index (χ0n) is 18.7. The summed E-state index contributed by atoms with van der Waals surface area (Å²) in [4.78, 5) is 24.5. The fourth-order valence-corrected chi connectivity index (χ4v) is 4.61. The molecule has 0 unspecified atom stereocenters. The van der Waals surface area contributed by atoms with Crippen molar-refractivity contribution in [2.45, 2.75) is 27.2 Å². The van der Waals surface area contributed by atoms with E-state index in [-0.39, 0.29) is 5.91 Å². The van der Waals surface area contributed by atoms with Gasteiger partial charge in [0.1, 0.15) is 0 Å². The number of carbonyl (C=O) groups excluding carboxylic acids is 1. The van der Waals surface area contributed by atoms with Crippen molar-refractivity contribution in [3.63, 3.8) is 0 Å². The molecule has 6 heteroatoms. The van der Waals surface area contributed by atoms with Crippen molar-refractivity contribution in [1.82, 2.24) is 9.88 Å². The summed E-state index contributed by atoms with van der Waals surface area (Å²) in [5.74, 6) is 0.00984. The van der Waals surface area contributed by atoms with E-state index in [0.717, 1.165) is 47.1 Å². The highest BCUT2D eigenvalue weighted by Crippen LogP contribution is 2.31. The molecule has 0 atom stereocenters. The normalized spacial score (nSPS) is 11.3. The number of benzene rings is 2. The Hall–Kier alpha value is -2.44. The first-order chi connectivity index (χ1) is 14.4. The fraction of sp³-hybridized carbons (Fsp3) is 0.417. The maximum Gasteiger partial charge on any atom is 0.260 e. The summed E-state index contributed by atoms with van der Waals surface area (Å²) >= 11 is 1.59. The molecule has 0 saturated heterocycles. The zero-order chi connectivity index (χ0) is 21.7. The van der Waals surface area contributed by atoms with Crippen LogP contribution in [0.15, 0.2) is 42.5 Å². The minimum Gasteiger partial charge on any atom is -0.372 e. The lowest BCUT2D eigenvalue weighted by atomic mass is 10.1. The standard InChI is InChI=1S/C24H32N4OS/c1-6-27(7-2)20-12-10-19(11-13-20)23(29)28(16-8-15-26(4)5)24-25-21-14-9-18(3)17-22(21)30-24/h9-14,17H,6-8,15-16H2,1-5H3. The Morgan fingerprint density at radius 3 is 2.33 bits per heavy atom. The van der Waals surface area contributed by atoms with Gasteiger partial charge >= 0.3 is 0 Å². The molecular weight excluding hydrogens is 392 g/mol. The van der Waals surface area contributed by atoms with Crippen LogP contribution in [0.3, 0.4) is 0 Å². The van der Waals surface area contributed by atoms with Gasteiger partial charge in [0.25, 0.3) is 5.91 Å². The highest BCUT2D eigenvalue weighted by atomic mass is 32.1. The van der Waals surface area contributed by atoms with Crippen molar-refractivity contribution in [2.75, 3.05) is 50.1 Å². The van der Waals surface area contributed by atoms with Crippen LogP contribution >= 0.6 is 11.3 Å². The number of aryl methyl sites for hydroxylation is 1. The molecular formula is C24H32N4OS. The van der Waals surface area contributed by atoms with Crippen LogP contribution < -0.4 is 9.80 Å². The minimum atomic E-state index is 0.00984. The van der Waals surface area contributed by atoms with Crippen molar-refractivity contribution < 1.29 is 4.79 Å². The number of aromatic nitrogens is 1. The molecule has 0 fully saturated rings. The Balaban J connectivity index is 1.89. The molecule has 0 aliphatic rings. The van der Waals surface area contributed by atoms with Crippen LogP contribution in [0.4, 0.5) is 10.8 Å². The van der Waals surface area contributed by atoms with Gasteiger partial charge in [-0.15, -0.1) is 0 Å². The highest BCUT2D eigenvalue weighted by molar-refractivity contribution is 7.22. The van der Waals surface area contributed by atoms with Crippen molar-refractivity contribution in [2.24, 2.45) is 0 Å². The number of nitrogens with zero attached hydrogens (tertiary/aromatic N) is 4. The first-order valence-electron chi connectivity index (χ1n) is 10.6.